The highest BCUT2D eigenvalue weighted by molar-refractivity contribution is 7.97. The number of rotatable bonds is 4. The predicted molar refractivity (Wildman–Crippen MR) is 68.0 cm³/mol. The monoisotopic (exact) mass is 253 g/mol. The summed E-state index contributed by atoms with van der Waals surface area (Å²) in [5, 5.41) is 14.1. The van der Waals surface area contributed by atoms with Crippen molar-refractivity contribution < 1.29 is 4.92 Å². The van der Waals surface area contributed by atoms with Crippen LogP contribution < -0.4 is 10.0 Å². The third kappa shape index (κ3) is 3.42. The lowest BCUT2D eigenvalue weighted by molar-refractivity contribution is -0.387. The standard InChI is InChI=1S/C11H15N3O2S/c15-14(16)10-5-1-2-6-11(10)17-13-9-4-3-7-12-8-9/h1-2,5-6,9,12-13H,3-4,7-8H2. The molecule has 1 fully saturated rings. The van der Waals surface area contributed by atoms with Gasteiger partial charge in [0.15, 0.2) is 0 Å². The zero-order valence-electron chi connectivity index (χ0n) is 9.39. The van der Waals surface area contributed by atoms with Gasteiger partial charge in [-0.15, -0.1) is 0 Å². The molecule has 0 spiro atoms. The van der Waals surface area contributed by atoms with Crippen molar-refractivity contribution in [3.63, 3.8) is 0 Å². The summed E-state index contributed by atoms with van der Waals surface area (Å²) < 4.78 is 3.28. The van der Waals surface area contributed by atoms with Gasteiger partial charge in [-0.1, -0.05) is 12.1 Å². The minimum atomic E-state index is -0.344. The van der Waals surface area contributed by atoms with Crippen LogP contribution in [0.2, 0.25) is 0 Å². The average molecular weight is 253 g/mol. The normalized spacial score (nSPS) is 20.1. The minimum absolute atomic E-state index is 0.161. The minimum Gasteiger partial charge on any atom is -0.315 e. The molecule has 5 nitrogen and oxygen atoms in total. The van der Waals surface area contributed by atoms with Gasteiger partial charge in [-0.2, -0.15) is 0 Å². The Hall–Kier alpha value is -1.11. The number of nitro groups is 1. The lowest BCUT2D eigenvalue weighted by Gasteiger charge is -2.23. The van der Waals surface area contributed by atoms with E-state index in [1.54, 1.807) is 12.1 Å². The topological polar surface area (TPSA) is 67.2 Å². The van der Waals surface area contributed by atoms with Crippen LogP contribution in [0.4, 0.5) is 5.69 Å². The molecule has 0 amide bonds. The molecule has 0 radical (unpaired) electrons. The molecular weight excluding hydrogens is 238 g/mol. The van der Waals surface area contributed by atoms with Gasteiger partial charge in [0.05, 0.1) is 4.92 Å². The van der Waals surface area contributed by atoms with Gasteiger partial charge in [0, 0.05) is 18.7 Å². The number of para-hydroxylation sites is 1. The molecule has 1 aliphatic rings. The van der Waals surface area contributed by atoms with Crippen LogP contribution in [0.15, 0.2) is 29.2 Å². The van der Waals surface area contributed by atoms with Gasteiger partial charge >= 0.3 is 0 Å². The number of hydrogen-bond donors (Lipinski definition) is 2. The number of nitrogens with zero attached hydrogens (tertiary/aromatic N) is 1. The molecule has 1 aromatic carbocycles. The molecule has 0 saturated carbocycles. The summed E-state index contributed by atoms with van der Waals surface area (Å²) in [6.45, 7) is 1.99. The van der Waals surface area contributed by atoms with Crippen molar-refractivity contribution in [2.45, 2.75) is 23.8 Å². The van der Waals surface area contributed by atoms with E-state index in [1.807, 2.05) is 6.07 Å². The van der Waals surface area contributed by atoms with Crippen molar-refractivity contribution in [1.82, 2.24) is 10.0 Å². The number of hydrogen-bond acceptors (Lipinski definition) is 5. The molecule has 2 rings (SSSR count). The highest BCUT2D eigenvalue weighted by Crippen LogP contribution is 2.27. The van der Waals surface area contributed by atoms with E-state index in [1.165, 1.54) is 18.0 Å². The molecule has 2 N–H and O–H groups in total. The van der Waals surface area contributed by atoms with E-state index in [-0.39, 0.29) is 10.6 Å². The maximum absolute atomic E-state index is 10.8. The average Bonchev–Trinajstić information content (AvgIpc) is 2.38. The van der Waals surface area contributed by atoms with Crippen molar-refractivity contribution >= 4 is 17.6 Å². The molecule has 1 aliphatic heterocycles. The van der Waals surface area contributed by atoms with E-state index in [4.69, 9.17) is 0 Å². The van der Waals surface area contributed by atoms with Crippen molar-refractivity contribution in [3.8, 4) is 0 Å². The van der Waals surface area contributed by atoms with Crippen LogP contribution in [-0.2, 0) is 0 Å². The van der Waals surface area contributed by atoms with E-state index >= 15 is 0 Å². The van der Waals surface area contributed by atoms with Crippen molar-refractivity contribution in [2.75, 3.05) is 13.1 Å². The SMILES string of the molecule is O=[N+]([O-])c1ccccc1SNC1CCCNC1. The molecule has 0 aliphatic carbocycles. The van der Waals surface area contributed by atoms with E-state index < -0.39 is 0 Å². The zero-order valence-corrected chi connectivity index (χ0v) is 10.2. The second-order valence-electron chi connectivity index (χ2n) is 3.99. The molecule has 6 heteroatoms. The Morgan fingerprint density at radius 1 is 1.47 bits per heavy atom. The molecule has 0 aromatic heterocycles. The van der Waals surface area contributed by atoms with Crippen LogP contribution in [0.5, 0.6) is 0 Å². The Labute approximate surface area is 104 Å². The first kappa shape index (κ1) is 12.3. The van der Waals surface area contributed by atoms with Crippen LogP contribution in [0.3, 0.4) is 0 Å². The van der Waals surface area contributed by atoms with Gasteiger partial charge in [0.2, 0.25) is 0 Å². The third-order valence-corrected chi connectivity index (χ3v) is 3.71. The van der Waals surface area contributed by atoms with E-state index in [2.05, 4.69) is 10.0 Å². The Bertz CT molecular complexity index is 394. The molecule has 1 unspecified atom stereocenters. The van der Waals surface area contributed by atoms with Crippen LogP contribution in [0, 0.1) is 10.1 Å². The van der Waals surface area contributed by atoms with Gasteiger partial charge in [-0.3, -0.25) is 14.8 Å². The zero-order chi connectivity index (χ0) is 12.1. The lowest BCUT2D eigenvalue weighted by atomic mass is 10.1. The fraction of sp³-hybridized carbons (Fsp3) is 0.455. The predicted octanol–water partition coefficient (Wildman–Crippen LogP) is 1.94. The Balaban J connectivity index is 1.96. The van der Waals surface area contributed by atoms with Gasteiger partial charge in [0.1, 0.15) is 4.90 Å². The maximum atomic E-state index is 10.8. The quantitative estimate of drug-likeness (QED) is 0.487. The first-order valence-electron chi connectivity index (χ1n) is 5.64. The first-order valence-corrected chi connectivity index (χ1v) is 6.45. The Morgan fingerprint density at radius 3 is 3.00 bits per heavy atom. The smallest absolute Gasteiger partial charge is 0.284 e. The van der Waals surface area contributed by atoms with E-state index in [0.717, 1.165) is 25.9 Å². The Kier molecular flexibility index (Phi) is 4.36. The van der Waals surface area contributed by atoms with Gasteiger partial charge in [-0.05, 0) is 37.4 Å². The summed E-state index contributed by atoms with van der Waals surface area (Å²) in [7, 11) is 0. The molecule has 1 aromatic rings. The first-order chi connectivity index (χ1) is 8.27. The highest BCUT2D eigenvalue weighted by Gasteiger charge is 2.16. The fourth-order valence-corrected chi connectivity index (χ4v) is 2.68. The Morgan fingerprint density at radius 2 is 2.29 bits per heavy atom. The number of benzene rings is 1. The maximum Gasteiger partial charge on any atom is 0.284 e. The lowest BCUT2D eigenvalue weighted by Crippen LogP contribution is -2.40. The second-order valence-corrected chi connectivity index (χ2v) is 4.87. The molecular formula is C11H15N3O2S. The number of nitro benzene ring substituents is 1. The van der Waals surface area contributed by atoms with Gasteiger partial charge < -0.3 is 5.32 Å². The van der Waals surface area contributed by atoms with Crippen molar-refractivity contribution in [2.24, 2.45) is 0 Å². The summed E-state index contributed by atoms with van der Waals surface area (Å²) >= 11 is 1.35. The molecule has 1 saturated heterocycles. The van der Waals surface area contributed by atoms with Crippen LogP contribution in [-0.4, -0.2) is 24.1 Å². The summed E-state index contributed by atoms with van der Waals surface area (Å²) in [5.41, 5.74) is 0.161. The van der Waals surface area contributed by atoms with Crippen molar-refractivity contribution in [3.05, 3.63) is 34.4 Å². The number of piperidine rings is 1. The molecule has 92 valence electrons. The third-order valence-electron chi connectivity index (χ3n) is 2.69. The van der Waals surface area contributed by atoms with Gasteiger partial charge in [0.25, 0.3) is 5.69 Å². The van der Waals surface area contributed by atoms with Crippen LogP contribution >= 0.6 is 11.9 Å². The van der Waals surface area contributed by atoms with Crippen LogP contribution in [0.25, 0.3) is 0 Å². The molecule has 1 heterocycles. The molecule has 1 atom stereocenters. The summed E-state index contributed by atoms with van der Waals surface area (Å²) in [5.74, 6) is 0. The highest BCUT2D eigenvalue weighted by atomic mass is 32.2. The van der Waals surface area contributed by atoms with Gasteiger partial charge in [-0.25, -0.2) is 0 Å². The molecule has 17 heavy (non-hydrogen) atoms. The van der Waals surface area contributed by atoms with E-state index in [0.29, 0.717) is 10.9 Å². The molecule has 0 bridgehead atoms. The van der Waals surface area contributed by atoms with Crippen LogP contribution in [0.1, 0.15) is 12.8 Å². The largest absolute Gasteiger partial charge is 0.315 e. The summed E-state index contributed by atoms with van der Waals surface area (Å²) in [4.78, 5) is 11.2. The summed E-state index contributed by atoms with van der Waals surface area (Å²) in [6, 6.07) is 7.18. The van der Waals surface area contributed by atoms with E-state index in [9.17, 15) is 10.1 Å². The fourth-order valence-electron chi connectivity index (χ4n) is 1.79. The van der Waals surface area contributed by atoms with Crippen molar-refractivity contribution in [1.29, 1.82) is 0 Å². The summed E-state index contributed by atoms with van der Waals surface area (Å²) in [6.07, 6.45) is 2.26. The number of nitrogens with one attached hydrogen (secondary N) is 2. The second kappa shape index (κ2) is 6.00.